The fourth-order valence-electron chi connectivity index (χ4n) is 0.785. The van der Waals surface area contributed by atoms with Gasteiger partial charge in [-0.15, -0.1) is 12.6 Å². The van der Waals surface area contributed by atoms with Crippen LogP contribution in [0, 0.1) is 0 Å². The number of thiol groups is 1. The molecule has 2 atom stereocenters. The molecule has 0 fully saturated rings. The molecule has 0 bridgehead atoms. The summed E-state index contributed by atoms with van der Waals surface area (Å²) in [5.74, 6) is 0.316. The van der Waals surface area contributed by atoms with Crippen LogP contribution in [0.1, 0.15) is 26.7 Å². The molecule has 2 unspecified atom stereocenters. The van der Waals surface area contributed by atoms with E-state index in [1.54, 1.807) is 0 Å². The van der Waals surface area contributed by atoms with Gasteiger partial charge in [-0.1, -0.05) is 0 Å². The van der Waals surface area contributed by atoms with Crippen molar-refractivity contribution in [1.29, 1.82) is 0 Å². The zero-order valence-corrected chi connectivity index (χ0v) is 11.5. The monoisotopic (exact) mass is 291 g/mol. The maximum absolute atomic E-state index is 12.8. The predicted molar refractivity (Wildman–Crippen MR) is 69.7 cm³/mol. The Morgan fingerprint density at radius 3 is 2.06 bits per heavy atom. The minimum absolute atomic E-state index is 0.00370. The van der Waals surface area contributed by atoms with E-state index in [0.717, 1.165) is 11.8 Å². The number of rotatable bonds is 6. The molecule has 0 saturated carbocycles. The molecule has 102 valence electrons. The van der Waals surface area contributed by atoms with Crippen LogP contribution in [0.25, 0.3) is 0 Å². The lowest BCUT2D eigenvalue weighted by molar-refractivity contribution is -0.108. The Morgan fingerprint density at radius 2 is 1.71 bits per heavy atom. The van der Waals surface area contributed by atoms with Gasteiger partial charge in [0, 0.05) is 19.1 Å². The highest BCUT2D eigenvalue weighted by molar-refractivity contribution is 8.13. The first-order valence-corrected chi connectivity index (χ1v) is 6.43. The first-order valence-electron chi connectivity index (χ1n) is 5.00. The highest BCUT2D eigenvalue weighted by Gasteiger charge is 2.20. The zero-order valence-electron chi connectivity index (χ0n) is 9.83. The molecular weight excluding hydrogens is 273 g/mol. The van der Waals surface area contributed by atoms with E-state index in [0.29, 0.717) is 5.75 Å². The first-order chi connectivity index (χ1) is 7.81. The molecule has 0 aromatic carbocycles. The van der Waals surface area contributed by atoms with Crippen LogP contribution in [0.3, 0.4) is 0 Å². The van der Waals surface area contributed by atoms with Crippen molar-refractivity contribution < 1.29 is 22.8 Å². The van der Waals surface area contributed by atoms with E-state index in [-0.39, 0.29) is 23.1 Å². The zero-order chi connectivity index (χ0) is 13.8. The van der Waals surface area contributed by atoms with Gasteiger partial charge in [-0.25, -0.2) is 8.78 Å². The third-order valence-electron chi connectivity index (χ3n) is 1.48. The molecule has 0 amide bonds. The molecule has 0 spiro atoms. The number of hydrogen-bond donors (Lipinski definition) is 1. The molecule has 0 radical (unpaired) electrons. The summed E-state index contributed by atoms with van der Waals surface area (Å²) in [5, 5.41) is -0.00639. The second kappa shape index (κ2) is 12.3. The van der Waals surface area contributed by atoms with Crippen LogP contribution in [-0.4, -0.2) is 39.8 Å². The minimum atomic E-state index is -1.72. The number of alkyl halides is 3. The van der Waals surface area contributed by atoms with Crippen LogP contribution in [0.4, 0.5) is 13.2 Å². The summed E-state index contributed by atoms with van der Waals surface area (Å²) in [6, 6.07) is 0. The van der Waals surface area contributed by atoms with Gasteiger partial charge in [0.05, 0.1) is 13.6 Å². The summed E-state index contributed by atoms with van der Waals surface area (Å²) in [6.07, 6.45) is -3.72. The van der Waals surface area contributed by atoms with Gasteiger partial charge in [0.2, 0.25) is 0 Å². The van der Waals surface area contributed by atoms with Crippen LogP contribution < -0.4 is 0 Å². The van der Waals surface area contributed by atoms with Crippen molar-refractivity contribution in [2.24, 2.45) is 0 Å². The van der Waals surface area contributed by atoms with Crippen molar-refractivity contribution in [2.45, 2.75) is 39.0 Å². The lowest BCUT2D eigenvalue weighted by atomic mass is 10.1. The average molecular weight is 291 g/mol. The summed E-state index contributed by atoms with van der Waals surface area (Å²) in [6.45, 7) is 2.04. The molecule has 0 heterocycles. The summed E-state index contributed by atoms with van der Waals surface area (Å²) in [7, 11) is 0. The molecule has 0 aliphatic carbocycles. The smallest absolute Gasteiger partial charge is 0.288 e. The molecular formula is C10H18F3O2S2+. The normalized spacial score (nSPS) is 13.3. The Kier molecular flexibility index (Phi) is 13.9. The molecule has 1 N–H and O–H groups in total. The average Bonchev–Trinajstić information content (AvgIpc) is 2.16. The summed E-state index contributed by atoms with van der Waals surface area (Å²) < 4.78 is 37.0. The Bertz CT molecular complexity index is 224. The van der Waals surface area contributed by atoms with Gasteiger partial charge < -0.3 is 0 Å². The van der Waals surface area contributed by atoms with E-state index in [4.69, 9.17) is 4.79 Å². The molecule has 7 heteroatoms. The topological polar surface area (TPSA) is 38.5 Å². The molecule has 0 aromatic rings. The fourth-order valence-corrected chi connectivity index (χ4v) is 1.42. The quantitative estimate of drug-likeness (QED) is 0.603. The number of carbonyl (C=O) groups is 1. The molecule has 17 heavy (non-hydrogen) atoms. The maximum Gasteiger partial charge on any atom is 0.347 e. The Labute approximate surface area is 109 Å². The van der Waals surface area contributed by atoms with E-state index in [1.807, 2.05) is 0 Å². The van der Waals surface area contributed by atoms with Gasteiger partial charge in [-0.3, -0.25) is 14.0 Å². The fraction of sp³-hybridized carbons (Fsp3) is 0.800. The molecule has 0 rings (SSSR count). The van der Waals surface area contributed by atoms with Gasteiger partial charge in [0.15, 0.2) is 5.12 Å². The molecule has 0 aliphatic rings. The van der Waals surface area contributed by atoms with Crippen LogP contribution in [0.5, 0.6) is 0 Å². The lowest BCUT2D eigenvalue weighted by Crippen LogP contribution is -2.18. The summed E-state index contributed by atoms with van der Waals surface area (Å²) >= 11 is 4.39. The van der Waals surface area contributed by atoms with Crippen molar-refractivity contribution in [3.05, 3.63) is 0 Å². The maximum atomic E-state index is 12.8. The standard InChI is InChI=1S/C8H13F3OS.C2H4OS/c1-6(12)13-5-3-8(11)7(10)2-4-9;1-2(3)4/h7-8H,2-5H2,1H3;1H3,(H,3,4)/p+1. The van der Waals surface area contributed by atoms with Crippen molar-refractivity contribution in [2.75, 3.05) is 12.4 Å². The Hall–Kier alpha value is -0.170. The number of hydrogen-bond acceptors (Lipinski definition) is 2. The van der Waals surface area contributed by atoms with E-state index >= 15 is 0 Å². The van der Waals surface area contributed by atoms with Crippen molar-refractivity contribution in [1.82, 2.24) is 0 Å². The number of halogens is 3. The second-order valence-electron chi connectivity index (χ2n) is 3.18. The SMILES string of the molecule is CC(=O)S.CC(=[OH+])SCCC(F)C(F)CCF. The van der Waals surface area contributed by atoms with Gasteiger partial charge >= 0.3 is 5.12 Å². The third-order valence-corrected chi connectivity index (χ3v) is 2.34. The van der Waals surface area contributed by atoms with Crippen LogP contribution in [0.2, 0.25) is 0 Å². The number of carbonyl (C=O) groups excluding carboxylic acids is 2. The van der Waals surface area contributed by atoms with Crippen molar-refractivity contribution >= 4 is 34.6 Å². The largest absolute Gasteiger partial charge is 0.347 e. The van der Waals surface area contributed by atoms with Gasteiger partial charge in [0.25, 0.3) is 0 Å². The second-order valence-corrected chi connectivity index (χ2v) is 5.10. The van der Waals surface area contributed by atoms with E-state index < -0.39 is 19.0 Å². The molecule has 0 aromatic heterocycles. The minimum Gasteiger partial charge on any atom is -0.288 e. The lowest BCUT2D eigenvalue weighted by Gasteiger charge is -2.10. The highest BCUT2D eigenvalue weighted by Crippen LogP contribution is 2.15. The van der Waals surface area contributed by atoms with Gasteiger partial charge in [0.1, 0.15) is 12.3 Å². The van der Waals surface area contributed by atoms with Gasteiger partial charge in [-0.05, 0) is 18.2 Å². The van der Waals surface area contributed by atoms with Crippen molar-refractivity contribution in [3.8, 4) is 0 Å². The van der Waals surface area contributed by atoms with Crippen LogP contribution >= 0.6 is 24.4 Å². The summed E-state index contributed by atoms with van der Waals surface area (Å²) in [5.41, 5.74) is 0. The van der Waals surface area contributed by atoms with Crippen LogP contribution in [-0.2, 0) is 4.79 Å². The van der Waals surface area contributed by atoms with E-state index in [9.17, 15) is 18.0 Å². The third kappa shape index (κ3) is 18.4. The summed E-state index contributed by atoms with van der Waals surface area (Å²) in [4.78, 5) is 18.0. The first kappa shape index (κ1) is 19.2. The predicted octanol–water partition coefficient (Wildman–Crippen LogP) is 3.13. The number of thioether (sulfide) groups is 1. The van der Waals surface area contributed by atoms with Crippen molar-refractivity contribution in [3.63, 3.8) is 0 Å². The molecule has 0 aliphatic heterocycles. The Morgan fingerprint density at radius 1 is 1.29 bits per heavy atom. The Balaban J connectivity index is 0. The van der Waals surface area contributed by atoms with E-state index in [1.165, 1.54) is 13.8 Å². The molecule has 2 nitrogen and oxygen atoms in total. The van der Waals surface area contributed by atoms with Gasteiger partial charge in [-0.2, -0.15) is 0 Å². The highest BCUT2D eigenvalue weighted by atomic mass is 32.2. The molecule has 0 saturated heterocycles. The van der Waals surface area contributed by atoms with E-state index in [2.05, 4.69) is 12.6 Å². The van der Waals surface area contributed by atoms with Crippen LogP contribution in [0.15, 0.2) is 0 Å².